The second-order valence-electron chi connectivity index (χ2n) is 2.98. The van der Waals surface area contributed by atoms with Gasteiger partial charge in [0, 0.05) is 17.2 Å². The highest BCUT2D eigenvalue weighted by atomic mass is 79.9. The van der Waals surface area contributed by atoms with Crippen LogP contribution in [0.4, 0.5) is 11.6 Å². The fraction of sp³-hybridized carbons (Fsp3) is 0.100. The molecule has 0 radical (unpaired) electrons. The molecule has 1 heterocycles. The van der Waals surface area contributed by atoms with Crippen molar-refractivity contribution in [3.05, 3.63) is 41.1 Å². The predicted molar refractivity (Wildman–Crippen MR) is 62.0 cm³/mol. The SMILES string of the molecule is CN(c1ccc(Br)cc1)c1nccnn1. The molecule has 0 aliphatic heterocycles. The molecule has 2 aromatic rings. The number of nitrogens with zero attached hydrogens (tertiary/aromatic N) is 4. The molecule has 2 rings (SSSR count). The van der Waals surface area contributed by atoms with Gasteiger partial charge in [-0.05, 0) is 24.3 Å². The van der Waals surface area contributed by atoms with Gasteiger partial charge in [0.2, 0.25) is 5.95 Å². The molecule has 0 bridgehead atoms. The third kappa shape index (κ3) is 2.30. The third-order valence-electron chi connectivity index (χ3n) is 1.98. The van der Waals surface area contributed by atoms with Gasteiger partial charge >= 0.3 is 0 Å². The fourth-order valence-corrected chi connectivity index (χ4v) is 1.44. The molecule has 0 saturated carbocycles. The zero-order chi connectivity index (χ0) is 10.7. The quantitative estimate of drug-likeness (QED) is 0.836. The maximum atomic E-state index is 4.12. The first kappa shape index (κ1) is 10.0. The van der Waals surface area contributed by atoms with Gasteiger partial charge in [-0.2, -0.15) is 5.10 Å². The lowest BCUT2D eigenvalue weighted by Crippen LogP contribution is -2.13. The zero-order valence-electron chi connectivity index (χ0n) is 8.13. The molecule has 0 aliphatic rings. The standard InChI is InChI=1S/C10H9BrN4/c1-15(10-12-6-7-13-14-10)9-4-2-8(11)3-5-9/h2-7H,1H3. The number of halogens is 1. The second kappa shape index (κ2) is 4.35. The van der Waals surface area contributed by atoms with E-state index in [-0.39, 0.29) is 0 Å². The van der Waals surface area contributed by atoms with Crippen LogP contribution in [-0.2, 0) is 0 Å². The lowest BCUT2D eigenvalue weighted by Gasteiger charge is -2.15. The lowest BCUT2D eigenvalue weighted by atomic mass is 10.3. The zero-order valence-corrected chi connectivity index (χ0v) is 9.72. The van der Waals surface area contributed by atoms with Gasteiger partial charge in [-0.15, -0.1) is 5.10 Å². The summed E-state index contributed by atoms with van der Waals surface area (Å²) in [7, 11) is 1.90. The van der Waals surface area contributed by atoms with E-state index >= 15 is 0 Å². The summed E-state index contributed by atoms with van der Waals surface area (Å²) < 4.78 is 1.05. The Balaban J connectivity index is 2.29. The maximum absolute atomic E-state index is 4.12. The molecule has 76 valence electrons. The van der Waals surface area contributed by atoms with Crippen molar-refractivity contribution in [2.45, 2.75) is 0 Å². The van der Waals surface area contributed by atoms with E-state index in [9.17, 15) is 0 Å². The normalized spacial score (nSPS) is 10.0. The molecular formula is C10H9BrN4. The van der Waals surface area contributed by atoms with Crippen LogP contribution in [0.1, 0.15) is 0 Å². The van der Waals surface area contributed by atoms with Crippen LogP contribution in [0.3, 0.4) is 0 Å². The second-order valence-corrected chi connectivity index (χ2v) is 3.89. The van der Waals surface area contributed by atoms with E-state index in [4.69, 9.17) is 0 Å². The molecule has 0 aliphatic carbocycles. The van der Waals surface area contributed by atoms with Gasteiger partial charge < -0.3 is 4.90 Å². The van der Waals surface area contributed by atoms with Gasteiger partial charge in [-0.3, -0.25) is 0 Å². The Kier molecular flexibility index (Phi) is 2.91. The van der Waals surface area contributed by atoms with E-state index < -0.39 is 0 Å². The molecule has 0 amide bonds. The summed E-state index contributed by atoms with van der Waals surface area (Å²) in [4.78, 5) is 5.99. The molecule has 0 saturated heterocycles. The Bertz CT molecular complexity index is 429. The summed E-state index contributed by atoms with van der Waals surface area (Å²) in [6, 6.07) is 7.92. The van der Waals surface area contributed by atoms with Crippen LogP contribution in [0.15, 0.2) is 41.1 Å². The first-order valence-corrected chi connectivity index (χ1v) is 5.19. The molecule has 0 N–H and O–H groups in total. The Morgan fingerprint density at radius 3 is 2.47 bits per heavy atom. The van der Waals surface area contributed by atoms with Gasteiger partial charge in [-0.1, -0.05) is 15.9 Å². The molecule has 1 aromatic heterocycles. The van der Waals surface area contributed by atoms with Crippen LogP contribution in [0, 0.1) is 0 Å². The van der Waals surface area contributed by atoms with Crippen LogP contribution in [0.25, 0.3) is 0 Å². The number of rotatable bonds is 2. The van der Waals surface area contributed by atoms with E-state index in [0.717, 1.165) is 10.2 Å². The first-order valence-electron chi connectivity index (χ1n) is 4.40. The predicted octanol–water partition coefficient (Wildman–Crippen LogP) is 2.40. The molecule has 0 unspecified atom stereocenters. The van der Waals surface area contributed by atoms with Crippen molar-refractivity contribution in [1.29, 1.82) is 0 Å². The fourth-order valence-electron chi connectivity index (χ4n) is 1.17. The van der Waals surface area contributed by atoms with Crippen LogP contribution in [-0.4, -0.2) is 22.2 Å². The van der Waals surface area contributed by atoms with Crippen molar-refractivity contribution in [1.82, 2.24) is 15.2 Å². The van der Waals surface area contributed by atoms with Crippen molar-refractivity contribution >= 4 is 27.6 Å². The molecular weight excluding hydrogens is 256 g/mol. The number of hydrogen-bond acceptors (Lipinski definition) is 4. The topological polar surface area (TPSA) is 41.9 Å². The smallest absolute Gasteiger partial charge is 0.249 e. The summed E-state index contributed by atoms with van der Waals surface area (Å²) >= 11 is 3.39. The van der Waals surface area contributed by atoms with Crippen LogP contribution in [0.2, 0.25) is 0 Å². The minimum atomic E-state index is 0.583. The highest BCUT2D eigenvalue weighted by molar-refractivity contribution is 9.10. The van der Waals surface area contributed by atoms with E-state index in [2.05, 4.69) is 31.1 Å². The molecule has 4 nitrogen and oxygen atoms in total. The number of aromatic nitrogens is 3. The lowest BCUT2D eigenvalue weighted by molar-refractivity contribution is 0.928. The molecule has 1 aromatic carbocycles. The van der Waals surface area contributed by atoms with Crippen LogP contribution in [0.5, 0.6) is 0 Å². The number of hydrogen-bond donors (Lipinski definition) is 0. The summed E-state index contributed by atoms with van der Waals surface area (Å²) in [5.74, 6) is 0.583. The van der Waals surface area contributed by atoms with Crippen molar-refractivity contribution in [3.8, 4) is 0 Å². The summed E-state index contributed by atoms with van der Waals surface area (Å²) in [5, 5.41) is 7.72. The monoisotopic (exact) mass is 264 g/mol. The molecule has 5 heteroatoms. The number of benzene rings is 1. The van der Waals surface area contributed by atoms with Crippen molar-refractivity contribution in [3.63, 3.8) is 0 Å². The van der Waals surface area contributed by atoms with Crippen molar-refractivity contribution in [2.75, 3.05) is 11.9 Å². The molecule has 15 heavy (non-hydrogen) atoms. The average molecular weight is 265 g/mol. The molecule has 0 atom stereocenters. The third-order valence-corrected chi connectivity index (χ3v) is 2.51. The highest BCUT2D eigenvalue weighted by Crippen LogP contribution is 2.21. The van der Waals surface area contributed by atoms with Gasteiger partial charge in [-0.25, -0.2) is 4.98 Å². The minimum absolute atomic E-state index is 0.583. The minimum Gasteiger partial charge on any atom is -0.312 e. The van der Waals surface area contributed by atoms with E-state index in [1.807, 2.05) is 36.2 Å². The Hall–Kier alpha value is -1.49. The Morgan fingerprint density at radius 2 is 1.87 bits per heavy atom. The van der Waals surface area contributed by atoms with Gasteiger partial charge in [0.25, 0.3) is 0 Å². The van der Waals surface area contributed by atoms with Crippen molar-refractivity contribution < 1.29 is 0 Å². The van der Waals surface area contributed by atoms with Gasteiger partial charge in [0.15, 0.2) is 0 Å². The van der Waals surface area contributed by atoms with Crippen molar-refractivity contribution in [2.24, 2.45) is 0 Å². The highest BCUT2D eigenvalue weighted by Gasteiger charge is 2.05. The Morgan fingerprint density at radius 1 is 1.13 bits per heavy atom. The molecule has 0 fully saturated rings. The van der Waals surface area contributed by atoms with Crippen LogP contribution < -0.4 is 4.90 Å². The summed E-state index contributed by atoms with van der Waals surface area (Å²) in [6.45, 7) is 0. The summed E-state index contributed by atoms with van der Waals surface area (Å²) in [5.41, 5.74) is 1.02. The average Bonchev–Trinajstić information content (AvgIpc) is 2.30. The van der Waals surface area contributed by atoms with Gasteiger partial charge in [0.1, 0.15) is 0 Å². The van der Waals surface area contributed by atoms with Crippen LogP contribution >= 0.6 is 15.9 Å². The number of anilines is 2. The first-order chi connectivity index (χ1) is 7.27. The maximum Gasteiger partial charge on any atom is 0.249 e. The Labute approximate surface area is 96.1 Å². The largest absolute Gasteiger partial charge is 0.312 e. The van der Waals surface area contributed by atoms with Gasteiger partial charge in [0.05, 0.1) is 12.4 Å². The van der Waals surface area contributed by atoms with E-state index in [1.54, 1.807) is 12.4 Å². The van der Waals surface area contributed by atoms with E-state index in [0.29, 0.717) is 5.95 Å². The molecule has 0 spiro atoms. The van der Waals surface area contributed by atoms with E-state index in [1.165, 1.54) is 0 Å². The summed E-state index contributed by atoms with van der Waals surface area (Å²) in [6.07, 6.45) is 3.18.